The smallest absolute Gasteiger partial charge is 0.0967 e. The van der Waals surface area contributed by atoms with Crippen LogP contribution in [0.25, 0.3) is 0 Å². The fourth-order valence-electron chi connectivity index (χ4n) is 1.43. The van der Waals surface area contributed by atoms with Gasteiger partial charge in [0.05, 0.1) is 5.34 Å². The third-order valence-electron chi connectivity index (χ3n) is 2.09. The van der Waals surface area contributed by atoms with Crippen molar-refractivity contribution >= 4 is 23.2 Å². The molecule has 0 atom stereocenters. The van der Waals surface area contributed by atoms with Crippen molar-refractivity contribution < 1.29 is 0 Å². The van der Waals surface area contributed by atoms with Crippen molar-refractivity contribution in [3.8, 4) is 0 Å². The van der Waals surface area contributed by atoms with Gasteiger partial charge in [-0.25, -0.2) is 0 Å². The second-order valence-electron chi connectivity index (χ2n) is 3.25. The quantitative estimate of drug-likeness (QED) is 0.680. The van der Waals surface area contributed by atoms with Gasteiger partial charge in [-0.05, 0) is 17.5 Å². The topological polar surface area (TPSA) is 0 Å². The van der Waals surface area contributed by atoms with Crippen LogP contribution in [0.5, 0.6) is 0 Å². The first kappa shape index (κ1) is 13.1. The molecule has 0 N–H and O–H groups in total. The Morgan fingerprint density at radius 3 is 1.25 bits per heavy atom. The zero-order chi connectivity index (χ0) is 11.6. The maximum Gasteiger partial charge on any atom is 0.0967 e. The highest BCUT2D eigenvalue weighted by Crippen LogP contribution is 2.07. The molecule has 0 unspecified atom stereocenters. The van der Waals surface area contributed by atoms with Gasteiger partial charge >= 0.3 is 0 Å². The molecular formula is C14H14Cl2. The van der Waals surface area contributed by atoms with Crippen LogP contribution in [0.1, 0.15) is 11.1 Å². The van der Waals surface area contributed by atoms with Crippen molar-refractivity contribution in [1.82, 2.24) is 0 Å². The van der Waals surface area contributed by atoms with Crippen molar-refractivity contribution in [2.24, 2.45) is 0 Å². The average molecular weight is 253 g/mol. The minimum absolute atomic E-state index is 0.194. The zero-order valence-corrected chi connectivity index (χ0v) is 10.5. The van der Waals surface area contributed by atoms with Gasteiger partial charge in [-0.2, -0.15) is 0 Å². The Labute approximate surface area is 107 Å². The lowest BCUT2D eigenvalue weighted by molar-refractivity contribution is 1.19. The Morgan fingerprint density at radius 2 is 0.938 bits per heavy atom. The van der Waals surface area contributed by atoms with Crippen LogP contribution in [-0.4, -0.2) is 5.34 Å². The van der Waals surface area contributed by atoms with E-state index < -0.39 is 0 Å². The maximum atomic E-state index is 4.76. The number of alkyl halides is 2. The minimum Gasteiger partial charge on any atom is -0.109 e. The molecule has 0 spiro atoms. The molecule has 16 heavy (non-hydrogen) atoms. The van der Waals surface area contributed by atoms with Crippen LogP contribution in [0.2, 0.25) is 0 Å². The average Bonchev–Trinajstić information content (AvgIpc) is 2.33. The van der Waals surface area contributed by atoms with Gasteiger partial charge in [-0.3, -0.25) is 0 Å². The molecule has 2 aromatic rings. The number of halogens is 2. The summed E-state index contributed by atoms with van der Waals surface area (Å²) in [6.45, 7) is 0. The Morgan fingerprint density at radius 1 is 0.625 bits per heavy atom. The molecule has 2 aromatic carbocycles. The summed E-state index contributed by atoms with van der Waals surface area (Å²) in [4.78, 5) is 0. The fourth-order valence-corrected chi connectivity index (χ4v) is 1.43. The molecule has 0 saturated heterocycles. The number of rotatable bonds is 2. The molecule has 0 aromatic heterocycles. The van der Waals surface area contributed by atoms with Crippen molar-refractivity contribution in [3.63, 3.8) is 0 Å². The van der Waals surface area contributed by atoms with Gasteiger partial charge in [0.25, 0.3) is 0 Å². The van der Waals surface area contributed by atoms with E-state index in [0.29, 0.717) is 0 Å². The number of hydrogen-bond acceptors (Lipinski definition) is 0. The van der Waals surface area contributed by atoms with Crippen LogP contribution in [0, 0.1) is 0 Å². The molecule has 0 fully saturated rings. The van der Waals surface area contributed by atoms with Crippen LogP contribution in [0.3, 0.4) is 0 Å². The van der Waals surface area contributed by atoms with E-state index in [9.17, 15) is 0 Å². The minimum atomic E-state index is 0.194. The van der Waals surface area contributed by atoms with Gasteiger partial charge in [0, 0.05) is 0 Å². The van der Waals surface area contributed by atoms with Gasteiger partial charge in [0.15, 0.2) is 0 Å². The number of benzene rings is 2. The second-order valence-corrected chi connectivity index (χ2v) is 4.06. The molecule has 0 amide bonds. The lowest BCUT2D eigenvalue weighted by Gasteiger charge is -2.00. The molecule has 0 aliphatic carbocycles. The predicted octanol–water partition coefficient (Wildman–Crippen LogP) is 4.70. The Bertz CT molecular complexity index is 333. The van der Waals surface area contributed by atoms with Crippen LogP contribution >= 0.6 is 23.2 Å². The summed E-state index contributed by atoms with van der Waals surface area (Å²) in [6, 6.07) is 21.1. The van der Waals surface area contributed by atoms with Gasteiger partial charge in [0.1, 0.15) is 0 Å². The summed E-state index contributed by atoms with van der Waals surface area (Å²) >= 11 is 9.53. The number of hydrogen-bond donors (Lipinski definition) is 0. The Kier molecular flexibility index (Phi) is 6.71. The standard InChI is InChI=1S/C13H12.CH2Cl2/c1-3-7-12(8-4-1)11-13-9-5-2-6-10-13;2-1-3/h1-10H,11H2;1H2. The van der Waals surface area contributed by atoms with Crippen LogP contribution in [0.15, 0.2) is 60.7 Å². The van der Waals surface area contributed by atoms with Crippen LogP contribution < -0.4 is 0 Å². The van der Waals surface area contributed by atoms with E-state index in [1.165, 1.54) is 11.1 Å². The summed E-state index contributed by atoms with van der Waals surface area (Å²) in [5, 5.41) is 0.194. The van der Waals surface area contributed by atoms with Gasteiger partial charge in [0.2, 0.25) is 0 Å². The van der Waals surface area contributed by atoms with Gasteiger partial charge < -0.3 is 0 Å². The van der Waals surface area contributed by atoms with Crippen molar-refractivity contribution in [1.29, 1.82) is 0 Å². The van der Waals surface area contributed by atoms with Gasteiger partial charge in [-0.1, -0.05) is 60.7 Å². The highest BCUT2D eigenvalue weighted by Gasteiger charge is 1.92. The van der Waals surface area contributed by atoms with Crippen LogP contribution in [0.4, 0.5) is 0 Å². The molecular weight excluding hydrogens is 239 g/mol. The molecule has 0 saturated carbocycles. The summed E-state index contributed by atoms with van der Waals surface area (Å²) in [5.74, 6) is 0. The summed E-state index contributed by atoms with van der Waals surface area (Å²) in [6.07, 6.45) is 1.03. The highest BCUT2D eigenvalue weighted by molar-refractivity contribution is 6.40. The molecule has 0 aliphatic heterocycles. The van der Waals surface area contributed by atoms with E-state index in [0.717, 1.165) is 6.42 Å². The summed E-state index contributed by atoms with van der Waals surface area (Å²) < 4.78 is 0. The highest BCUT2D eigenvalue weighted by atomic mass is 35.5. The maximum absolute atomic E-state index is 4.76. The van der Waals surface area contributed by atoms with E-state index in [1.54, 1.807) is 0 Å². The van der Waals surface area contributed by atoms with Crippen molar-refractivity contribution in [2.75, 3.05) is 5.34 Å². The largest absolute Gasteiger partial charge is 0.109 e. The van der Waals surface area contributed by atoms with E-state index in [-0.39, 0.29) is 5.34 Å². The second kappa shape index (κ2) is 8.20. The third-order valence-corrected chi connectivity index (χ3v) is 2.09. The third kappa shape index (κ3) is 5.20. The lowest BCUT2D eigenvalue weighted by Crippen LogP contribution is -1.85. The summed E-state index contributed by atoms with van der Waals surface area (Å²) in [7, 11) is 0. The fraction of sp³-hybridized carbons (Fsp3) is 0.143. The normalized spacial score (nSPS) is 9.12. The molecule has 84 valence electrons. The van der Waals surface area contributed by atoms with Crippen LogP contribution in [-0.2, 0) is 6.42 Å². The SMILES string of the molecule is ClCCl.c1ccc(Cc2ccccc2)cc1. The summed E-state index contributed by atoms with van der Waals surface area (Å²) in [5.41, 5.74) is 2.74. The molecule has 2 rings (SSSR count). The molecule has 0 aliphatic rings. The first-order chi connectivity index (χ1) is 7.86. The zero-order valence-electron chi connectivity index (χ0n) is 8.94. The monoisotopic (exact) mass is 252 g/mol. The van der Waals surface area contributed by atoms with Crippen molar-refractivity contribution in [2.45, 2.75) is 6.42 Å². The Balaban J connectivity index is 0.000000386. The van der Waals surface area contributed by atoms with E-state index >= 15 is 0 Å². The molecule has 0 heterocycles. The molecule has 0 radical (unpaired) electrons. The molecule has 2 heteroatoms. The van der Waals surface area contributed by atoms with Crippen molar-refractivity contribution in [3.05, 3.63) is 71.8 Å². The van der Waals surface area contributed by atoms with E-state index in [2.05, 4.69) is 60.7 Å². The van der Waals surface area contributed by atoms with Gasteiger partial charge in [-0.15, -0.1) is 23.2 Å². The Hall–Kier alpha value is -0.980. The van der Waals surface area contributed by atoms with E-state index in [1.807, 2.05) is 0 Å². The first-order valence-electron chi connectivity index (χ1n) is 5.06. The first-order valence-corrected chi connectivity index (χ1v) is 6.13. The lowest BCUT2D eigenvalue weighted by atomic mass is 10.1. The predicted molar refractivity (Wildman–Crippen MR) is 72.3 cm³/mol. The molecule has 0 bridgehead atoms. The molecule has 0 nitrogen and oxygen atoms in total. The van der Waals surface area contributed by atoms with E-state index in [4.69, 9.17) is 23.2 Å².